The van der Waals surface area contributed by atoms with E-state index in [2.05, 4.69) is 53.1 Å². The lowest BCUT2D eigenvalue weighted by Gasteiger charge is -2.16. The second kappa shape index (κ2) is 6.17. The molecule has 1 aromatic rings. The molecule has 0 radical (unpaired) electrons. The Labute approximate surface area is 121 Å². The number of carbonyl (C=O) groups is 1. The predicted octanol–water partition coefficient (Wildman–Crippen LogP) is 4.76. The van der Waals surface area contributed by atoms with E-state index in [-0.39, 0.29) is 10.7 Å². The van der Waals surface area contributed by atoms with Gasteiger partial charge < -0.3 is 5.32 Å². The van der Waals surface area contributed by atoms with Crippen LogP contribution in [-0.4, -0.2) is 5.91 Å². The minimum atomic E-state index is -0.0566. The van der Waals surface area contributed by atoms with Gasteiger partial charge in [-0.25, -0.2) is 0 Å². The Morgan fingerprint density at radius 1 is 1.50 bits per heavy atom. The first-order chi connectivity index (χ1) is 7.45. The van der Waals surface area contributed by atoms with Crippen molar-refractivity contribution in [3.05, 3.63) is 27.7 Å². The summed E-state index contributed by atoms with van der Waals surface area (Å²) in [7, 11) is 0. The Kier molecular flexibility index (Phi) is 5.47. The van der Waals surface area contributed by atoms with Crippen LogP contribution in [0.3, 0.4) is 0 Å². The quantitative estimate of drug-likeness (QED) is 0.711. The summed E-state index contributed by atoms with van der Waals surface area (Å²) in [5, 5.41) is 3.58. The topological polar surface area (TPSA) is 29.1 Å². The van der Waals surface area contributed by atoms with Crippen LogP contribution in [-0.2, 0) is 10.1 Å². The van der Waals surface area contributed by atoms with Gasteiger partial charge in [0.15, 0.2) is 0 Å². The summed E-state index contributed by atoms with van der Waals surface area (Å²) in [6, 6.07) is 4.01. The van der Waals surface area contributed by atoms with E-state index in [0.717, 1.165) is 21.3 Å². The van der Waals surface area contributed by atoms with Gasteiger partial charge in [-0.1, -0.05) is 47.8 Å². The van der Waals surface area contributed by atoms with Gasteiger partial charge in [-0.3, -0.25) is 4.79 Å². The summed E-state index contributed by atoms with van der Waals surface area (Å²) in [5.74, 6) is -0.0566. The zero-order valence-corrected chi connectivity index (χ0v) is 13.7. The molecule has 1 rings (SSSR count). The van der Waals surface area contributed by atoms with Crippen molar-refractivity contribution >= 4 is 59.4 Å². The lowest BCUT2D eigenvalue weighted by molar-refractivity contribution is -0.114. The molecular formula is C11H12Br3NO. The highest BCUT2D eigenvalue weighted by Crippen LogP contribution is 2.35. The molecular weight excluding hydrogens is 402 g/mol. The molecule has 0 aliphatic carbocycles. The SMILES string of the molecule is CC(=O)Nc1c(CBr)cc(Br)cc1C(C)Br. The van der Waals surface area contributed by atoms with Gasteiger partial charge in [-0.15, -0.1) is 0 Å². The summed E-state index contributed by atoms with van der Waals surface area (Å²) < 4.78 is 1.01. The molecule has 1 unspecified atom stereocenters. The summed E-state index contributed by atoms with van der Waals surface area (Å²) in [6.45, 7) is 3.55. The van der Waals surface area contributed by atoms with Crippen molar-refractivity contribution in [2.45, 2.75) is 24.0 Å². The van der Waals surface area contributed by atoms with Crippen molar-refractivity contribution in [2.24, 2.45) is 0 Å². The van der Waals surface area contributed by atoms with Gasteiger partial charge in [0, 0.05) is 27.2 Å². The first kappa shape index (κ1) is 14.2. The van der Waals surface area contributed by atoms with Crippen LogP contribution in [0.25, 0.3) is 0 Å². The van der Waals surface area contributed by atoms with E-state index >= 15 is 0 Å². The molecule has 1 amide bonds. The number of halogens is 3. The summed E-state index contributed by atoms with van der Waals surface area (Å²) in [5.41, 5.74) is 3.02. The fourth-order valence-electron chi connectivity index (χ4n) is 1.43. The Balaban J connectivity index is 3.32. The number of nitrogens with one attached hydrogen (secondary N) is 1. The number of carbonyl (C=O) groups excluding carboxylic acids is 1. The maximum atomic E-state index is 11.2. The van der Waals surface area contributed by atoms with Crippen LogP contribution >= 0.6 is 47.8 Å². The first-order valence-electron chi connectivity index (χ1n) is 4.75. The number of hydrogen-bond acceptors (Lipinski definition) is 1. The molecule has 0 aliphatic rings. The van der Waals surface area contributed by atoms with Gasteiger partial charge in [0.05, 0.1) is 0 Å². The minimum Gasteiger partial charge on any atom is -0.326 e. The molecule has 1 N–H and O–H groups in total. The Morgan fingerprint density at radius 2 is 2.12 bits per heavy atom. The number of amides is 1. The van der Waals surface area contributed by atoms with Gasteiger partial charge in [-0.05, 0) is 30.2 Å². The van der Waals surface area contributed by atoms with Crippen molar-refractivity contribution in [3.8, 4) is 0 Å². The molecule has 0 bridgehead atoms. The fourth-order valence-corrected chi connectivity index (χ4v) is 2.76. The van der Waals surface area contributed by atoms with Gasteiger partial charge in [0.1, 0.15) is 0 Å². The van der Waals surface area contributed by atoms with E-state index in [1.807, 2.05) is 19.1 Å². The molecule has 0 spiro atoms. The molecule has 88 valence electrons. The zero-order chi connectivity index (χ0) is 12.3. The van der Waals surface area contributed by atoms with Crippen molar-refractivity contribution in [3.63, 3.8) is 0 Å². The molecule has 1 atom stereocenters. The highest BCUT2D eigenvalue weighted by Gasteiger charge is 2.14. The van der Waals surface area contributed by atoms with Crippen molar-refractivity contribution < 1.29 is 4.79 Å². The molecule has 0 aliphatic heterocycles. The van der Waals surface area contributed by atoms with E-state index < -0.39 is 0 Å². The van der Waals surface area contributed by atoms with Crippen molar-refractivity contribution in [1.29, 1.82) is 0 Å². The average molecular weight is 414 g/mol. The molecule has 0 aromatic heterocycles. The highest BCUT2D eigenvalue weighted by atomic mass is 79.9. The van der Waals surface area contributed by atoms with Gasteiger partial charge in [0.25, 0.3) is 0 Å². The second-order valence-corrected chi connectivity index (χ2v) is 6.31. The van der Waals surface area contributed by atoms with Crippen molar-refractivity contribution in [1.82, 2.24) is 0 Å². The lowest BCUT2D eigenvalue weighted by atomic mass is 10.1. The van der Waals surface area contributed by atoms with Crippen LogP contribution in [0.1, 0.15) is 29.8 Å². The Morgan fingerprint density at radius 3 is 2.56 bits per heavy atom. The van der Waals surface area contributed by atoms with Crippen LogP contribution in [0.4, 0.5) is 5.69 Å². The Hall–Kier alpha value is 0.130. The number of hydrogen-bond donors (Lipinski definition) is 1. The van der Waals surface area contributed by atoms with Gasteiger partial charge in [-0.2, -0.15) is 0 Å². The lowest BCUT2D eigenvalue weighted by Crippen LogP contribution is -2.10. The van der Waals surface area contributed by atoms with E-state index in [9.17, 15) is 4.79 Å². The third kappa shape index (κ3) is 3.57. The molecule has 1 aromatic carbocycles. The summed E-state index contributed by atoms with van der Waals surface area (Å²) in [4.78, 5) is 11.4. The number of rotatable bonds is 3. The summed E-state index contributed by atoms with van der Waals surface area (Å²) in [6.07, 6.45) is 0. The normalized spacial score (nSPS) is 12.3. The first-order valence-corrected chi connectivity index (χ1v) is 7.58. The average Bonchev–Trinajstić information content (AvgIpc) is 2.19. The molecule has 2 nitrogen and oxygen atoms in total. The second-order valence-electron chi connectivity index (χ2n) is 3.46. The largest absolute Gasteiger partial charge is 0.326 e. The maximum Gasteiger partial charge on any atom is 0.221 e. The van der Waals surface area contributed by atoms with E-state index in [1.165, 1.54) is 6.92 Å². The van der Waals surface area contributed by atoms with Crippen LogP contribution in [0, 0.1) is 0 Å². The van der Waals surface area contributed by atoms with Crippen molar-refractivity contribution in [2.75, 3.05) is 5.32 Å². The molecule has 0 fully saturated rings. The molecule has 0 saturated heterocycles. The molecule has 0 heterocycles. The number of anilines is 1. The zero-order valence-electron chi connectivity index (χ0n) is 8.98. The summed E-state index contributed by atoms with van der Waals surface area (Å²) >= 11 is 10.4. The fraction of sp³-hybridized carbons (Fsp3) is 0.364. The third-order valence-corrected chi connectivity index (χ3v) is 3.64. The van der Waals surface area contributed by atoms with Gasteiger partial charge >= 0.3 is 0 Å². The van der Waals surface area contributed by atoms with Crippen LogP contribution < -0.4 is 5.32 Å². The number of benzene rings is 1. The minimum absolute atomic E-state index is 0.0566. The Bertz CT molecular complexity index is 404. The van der Waals surface area contributed by atoms with E-state index in [1.54, 1.807) is 0 Å². The third-order valence-electron chi connectivity index (χ3n) is 2.09. The standard InChI is InChI=1S/C11H12Br3NO/c1-6(13)10-4-9(14)3-8(5-12)11(10)15-7(2)16/h3-4,6H,5H2,1-2H3,(H,15,16). The molecule has 5 heteroatoms. The van der Waals surface area contributed by atoms with E-state index in [0.29, 0.717) is 5.33 Å². The molecule has 0 saturated carbocycles. The predicted molar refractivity (Wildman–Crippen MR) is 78.4 cm³/mol. The highest BCUT2D eigenvalue weighted by molar-refractivity contribution is 9.10. The number of alkyl halides is 2. The van der Waals surface area contributed by atoms with Crippen LogP contribution in [0.15, 0.2) is 16.6 Å². The smallest absolute Gasteiger partial charge is 0.221 e. The van der Waals surface area contributed by atoms with Crippen LogP contribution in [0.2, 0.25) is 0 Å². The van der Waals surface area contributed by atoms with E-state index in [4.69, 9.17) is 0 Å². The molecule has 16 heavy (non-hydrogen) atoms. The van der Waals surface area contributed by atoms with Crippen LogP contribution in [0.5, 0.6) is 0 Å². The monoisotopic (exact) mass is 411 g/mol. The maximum absolute atomic E-state index is 11.2. The van der Waals surface area contributed by atoms with Gasteiger partial charge in [0.2, 0.25) is 5.91 Å².